The number of hydrogen-bond donors (Lipinski definition) is 1. The normalized spacial score (nSPS) is 11.1. The highest BCUT2D eigenvalue weighted by Crippen LogP contribution is 2.31. The highest BCUT2D eigenvalue weighted by molar-refractivity contribution is 6.30. The fraction of sp³-hybridized carbons (Fsp3) is 0.0769. The van der Waals surface area contributed by atoms with Gasteiger partial charge in [-0.05, 0) is 54.8 Å². The number of rotatable bonds is 4. The first-order valence-corrected chi connectivity index (χ1v) is 10.5. The minimum absolute atomic E-state index is 0.704. The van der Waals surface area contributed by atoms with Gasteiger partial charge in [-0.1, -0.05) is 60.1 Å². The van der Waals surface area contributed by atoms with Crippen LogP contribution in [0.25, 0.3) is 28.0 Å². The van der Waals surface area contributed by atoms with Crippen LogP contribution < -0.4 is 5.32 Å². The van der Waals surface area contributed by atoms with Crippen molar-refractivity contribution >= 4 is 28.8 Å². The molecule has 0 saturated heterocycles. The van der Waals surface area contributed by atoms with Crippen LogP contribution in [0.3, 0.4) is 0 Å². The third-order valence-electron chi connectivity index (χ3n) is 5.19. The summed E-state index contributed by atoms with van der Waals surface area (Å²) < 4.78 is 1.86. The monoisotopic (exact) mass is 424 g/mol. The Morgan fingerprint density at radius 2 is 1.52 bits per heavy atom. The Morgan fingerprint density at radius 1 is 0.806 bits per heavy atom. The van der Waals surface area contributed by atoms with Crippen LogP contribution in [0.2, 0.25) is 5.02 Å². The lowest BCUT2D eigenvalue weighted by atomic mass is 10.1. The summed E-state index contributed by atoms with van der Waals surface area (Å²) in [5.74, 6) is 0.856. The van der Waals surface area contributed by atoms with Crippen molar-refractivity contribution < 1.29 is 0 Å². The first kappa shape index (κ1) is 19.3. The molecule has 0 fully saturated rings. The second-order valence-corrected chi connectivity index (χ2v) is 8.13. The molecule has 5 aromatic rings. The summed E-state index contributed by atoms with van der Waals surface area (Å²) in [6, 6.07) is 26.4. The topological polar surface area (TPSA) is 42.2 Å². The summed E-state index contributed by atoms with van der Waals surface area (Å²) in [7, 11) is 0. The van der Waals surface area contributed by atoms with Crippen molar-refractivity contribution in [1.29, 1.82) is 0 Å². The molecule has 4 nitrogen and oxygen atoms in total. The van der Waals surface area contributed by atoms with Gasteiger partial charge in [0.2, 0.25) is 0 Å². The van der Waals surface area contributed by atoms with Crippen molar-refractivity contribution in [1.82, 2.24) is 14.6 Å². The third kappa shape index (κ3) is 3.90. The Morgan fingerprint density at radius 3 is 2.23 bits per heavy atom. The zero-order chi connectivity index (χ0) is 21.4. The molecule has 1 N–H and O–H groups in total. The van der Waals surface area contributed by atoms with E-state index in [-0.39, 0.29) is 0 Å². The largest absolute Gasteiger partial charge is 0.340 e. The number of hydrogen-bond acceptors (Lipinski definition) is 3. The van der Waals surface area contributed by atoms with Gasteiger partial charge in [0.1, 0.15) is 5.82 Å². The summed E-state index contributed by atoms with van der Waals surface area (Å²) in [6.45, 7) is 4.20. The molecule has 0 spiro atoms. The highest BCUT2D eigenvalue weighted by atomic mass is 35.5. The number of nitrogens with zero attached hydrogens (tertiary/aromatic N) is 3. The van der Waals surface area contributed by atoms with Gasteiger partial charge in [-0.25, -0.2) is 4.98 Å². The molecule has 0 aliphatic rings. The summed E-state index contributed by atoms with van der Waals surface area (Å²) >= 11 is 6.09. The van der Waals surface area contributed by atoms with E-state index < -0.39 is 0 Å². The average molecular weight is 425 g/mol. The molecule has 0 aliphatic carbocycles. The summed E-state index contributed by atoms with van der Waals surface area (Å²) in [6.07, 6.45) is 1.85. The van der Waals surface area contributed by atoms with Crippen LogP contribution in [-0.2, 0) is 0 Å². The Hall–Kier alpha value is -3.63. The number of benzene rings is 3. The van der Waals surface area contributed by atoms with Crippen molar-refractivity contribution in [2.45, 2.75) is 13.8 Å². The van der Waals surface area contributed by atoms with E-state index in [2.05, 4.69) is 54.6 Å². The summed E-state index contributed by atoms with van der Waals surface area (Å²) in [5, 5.41) is 8.91. The predicted octanol–water partition coefficient (Wildman–Crippen LogP) is 7.08. The third-order valence-corrected chi connectivity index (χ3v) is 5.44. The van der Waals surface area contributed by atoms with Crippen LogP contribution >= 0.6 is 11.6 Å². The number of aryl methyl sites for hydroxylation is 2. The first-order chi connectivity index (χ1) is 15.1. The molecule has 5 heteroatoms. The van der Waals surface area contributed by atoms with Gasteiger partial charge < -0.3 is 5.32 Å². The minimum atomic E-state index is 0.704. The molecule has 0 atom stereocenters. The summed E-state index contributed by atoms with van der Waals surface area (Å²) in [5.41, 5.74) is 8.14. The molecule has 31 heavy (non-hydrogen) atoms. The number of fused-ring (bicyclic) bond motifs is 1. The van der Waals surface area contributed by atoms with Gasteiger partial charge in [-0.3, -0.25) is 0 Å². The number of anilines is 2. The molecule has 0 amide bonds. The zero-order valence-electron chi connectivity index (χ0n) is 17.3. The van der Waals surface area contributed by atoms with E-state index >= 15 is 0 Å². The standard InChI is InChI=1S/C26H21ClN4/c1-17-12-18(2)14-22(13-17)29-25-15-24(20-6-4-3-5-7-20)30-26-23(16-28-31(25)26)19-8-10-21(27)11-9-19/h3-16,29H,1-2H3. The van der Waals surface area contributed by atoms with E-state index in [1.807, 2.05) is 59.2 Å². The Balaban J connectivity index is 1.70. The second kappa shape index (κ2) is 7.89. The van der Waals surface area contributed by atoms with Gasteiger partial charge in [0, 0.05) is 27.9 Å². The lowest BCUT2D eigenvalue weighted by Gasteiger charge is -2.13. The van der Waals surface area contributed by atoms with Gasteiger partial charge >= 0.3 is 0 Å². The van der Waals surface area contributed by atoms with E-state index in [0.29, 0.717) is 5.02 Å². The van der Waals surface area contributed by atoms with Crippen molar-refractivity contribution in [2.75, 3.05) is 5.32 Å². The molecular weight excluding hydrogens is 404 g/mol. The van der Waals surface area contributed by atoms with Crippen molar-refractivity contribution in [3.8, 4) is 22.4 Å². The Bertz CT molecular complexity index is 1350. The smallest absolute Gasteiger partial charge is 0.165 e. The van der Waals surface area contributed by atoms with Crippen molar-refractivity contribution in [3.63, 3.8) is 0 Å². The maximum atomic E-state index is 6.09. The lowest BCUT2D eigenvalue weighted by Crippen LogP contribution is -2.03. The van der Waals surface area contributed by atoms with E-state index in [1.54, 1.807) is 0 Å². The van der Waals surface area contributed by atoms with E-state index in [4.69, 9.17) is 16.6 Å². The van der Waals surface area contributed by atoms with Crippen molar-refractivity contribution in [3.05, 3.63) is 101 Å². The second-order valence-electron chi connectivity index (χ2n) is 7.69. The van der Waals surface area contributed by atoms with Gasteiger partial charge in [0.15, 0.2) is 5.65 Å². The number of nitrogens with one attached hydrogen (secondary N) is 1. The molecule has 0 bridgehead atoms. The first-order valence-electron chi connectivity index (χ1n) is 10.1. The van der Waals surface area contributed by atoms with Gasteiger partial charge in [-0.15, -0.1) is 0 Å². The molecule has 2 aromatic heterocycles. The molecule has 0 saturated carbocycles. The number of aromatic nitrogens is 3. The van der Waals surface area contributed by atoms with Crippen LogP contribution in [0.15, 0.2) is 85.1 Å². The molecule has 0 radical (unpaired) electrons. The molecule has 2 heterocycles. The fourth-order valence-corrected chi connectivity index (χ4v) is 3.96. The summed E-state index contributed by atoms with van der Waals surface area (Å²) in [4.78, 5) is 4.97. The minimum Gasteiger partial charge on any atom is -0.340 e. The van der Waals surface area contributed by atoms with Crippen LogP contribution in [0, 0.1) is 13.8 Å². The maximum absolute atomic E-state index is 6.09. The van der Waals surface area contributed by atoms with E-state index in [0.717, 1.165) is 39.5 Å². The predicted molar refractivity (Wildman–Crippen MR) is 128 cm³/mol. The average Bonchev–Trinajstić information content (AvgIpc) is 3.18. The quantitative estimate of drug-likeness (QED) is 0.335. The van der Waals surface area contributed by atoms with Crippen LogP contribution in [0.5, 0.6) is 0 Å². The van der Waals surface area contributed by atoms with Crippen LogP contribution in [0.1, 0.15) is 11.1 Å². The van der Waals surface area contributed by atoms with E-state index in [1.165, 1.54) is 11.1 Å². The molecule has 3 aromatic carbocycles. The Labute approximate surface area is 186 Å². The SMILES string of the molecule is Cc1cc(C)cc(Nc2cc(-c3ccccc3)nc3c(-c4ccc(Cl)cc4)cnn23)c1. The maximum Gasteiger partial charge on any atom is 0.165 e. The highest BCUT2D eigenvalue weighted by Gasteiger charge is 2.14. The zero-order valence-corrected chi connectivity index (χ0v) is 18.1. The molecular formula is C26H21ClN4. The van der Waals surface area contributed by atoms with Crippen molar-refractivity contribution in [2.24, 2.45) is 0 Å². The van der Waals surface area contributed by atoms with Gasteiger partial charge in [0.05, 0.1) is 11.9 Å². The van der Waals surface area contributed by atoms with Gasteiger partial charge in [0.25, 0.3) is 0 Å². The van der Waals surface area contributed by atoms with Crippen LogP contribution in [0.4, 0.5) is 11.5 Å². The lowest BCUT2D eigenvalue weighted by molar-refractivity contribution is 0.949. The van der Waals surface area contributed by atoms with Crippen LogP contribution in [-0.4, -0.2) is 14.6 Å². The fourth-order valence-electron chi connectivity index (χ4n) is 3.84. The molecule has 5 rings (SSSR count). The molecule has 0 aliphatic heterocycles. The Kier molecular flexibility index (Phi) is 4.92. The molecule has 152 valence electrons. The molecule has 0 unspecified atom stereocenters. The van der Waals surface area contributed by atoms with Gasteiger partial charge in [-0.2, -0.15) is 9.61 Å². The van der Waals surface area contributed by atoms with E-state index in [9.17, 15) is 0 Å². The number of halogens is 1.